The molecule has 1 fully saturated rings. The van der Waals surface area contributed by atoms with E-state index in [2.05, 4.69) is 117 Å². The molecule has 0 N–H and O–H groups in total. The first-order valence-electron chi connectivity index (χ1n) is 12.6. The summed E-state index contributed by atoms with van der Waals surface area (Å²) in [6.45, 7) is 24.8. The van der Waals surface area contributed by atoms with Crippen LogP contribution in [0.15, 0.2) is 36.4 Å². The fraction of sp³-hybridized carbons (Fsp3) is 0.533. The van der Waals surface area contributed by atoms with E-state index in [0.29, 0.717) is 30.2 Å². The molecule has 3 rings (SSSR count). The third kappa shape index (κ3) is 5.34. The zero-order valence-electron chi connectivity index (χ0n) is 22.7. The van der Waals surface area contributed by atoms with Crippen LogP contribution in [-0.4, -0.2) is 12.5 Å². The van der Waals surface area contributed by atoms with Crippen LogP contribution in [0.2, 0.25) is 0 Å². The zero-order chi connectivity index (χ0) is 24.7. The number of hydrogen-bond acceptors (Lipinski definition) is 2. The number of nitrogens with zero attached hydrogens (tertiary/aromatic N) is 2. The standard InChI is InChI=1S/C30H43N2O.Cu/c1-19(2)23-13-11-14-24(20(3)4)27(23)31-17-30(9,10)29(33)32(18-31)28-25(21(5)6)15-12-16-26(28)22(7)8;/h11-16,18-22H,17H2,1-10H3;/q+1;. The normalized spacial score (nSPS) is 15.9. The van der Waals surface area contributed by atoms with Gasteiger partial charge in [-0.2, -0.15) is 4.90 Å². The van der Waals surface area contributed by atoms with Crippen molar-refractivity contribution in [1.82, 2.24) is 0 Å². The first kappa shape index (κ1) is 28.3. The molecule has 0 aliphatic carbocycles. The molecule has 0 saturated carbocycles. The molecular formula is C30H43CuN2O+. The van der Waals surface area contributed by atoms with Crippen molar-refractivity contribution in [2.75, 3.05) is 16.3 Å². The fourth-order valence-corrected chi connectivity index (χ4v) is 4.98. The van der Waals surface area contributed by atoms with Gasteiger partial charge in [0.25, 0.3) is 5.91 Å². The summed E-state index contributed by atoms with van der Waals surface area (Å²) in [7, 11) is 0. The van der Waals surface area contributed by atoms with Gasteiger partial charge in [0.1, 0.15) is 0 Å². The van der Waals surface area contributed by atoms with Crippen molar-refractivity contribution >= 4 is 17.3 Å². The minimum atomic E-state index is -0.509. The molecule has 1 aliphatic rings. The quantitative estimate of drug-likeness (QED) is 0.289. The minimum absolute atomic E-state index is 0. The summed E-state index contributed by atoms with van der Waals surface area (Å²) in [5, 5.41) is 0. The Balaban J connectivity index is 0.00000408. The van der Waals surface area contributed by atoms with Crippen molar-refractivity contribution in [3.05, 3.63) is 65.3 Å². The molecular weight excluding hydrogens is 468 g/mol. The second kappa shape index (κ2) is 10.8. The summed E-state index contributed by atoms with van der Waals surface area (Å²) in [4.78, 5) is 18.2. The van der Waals surface area contributed by atoms with Crippen molar-refractivity contribution < 1.29 is 21.9 Å². The molecule has 1 heterocycles. The number of carbonyl (C=O) groups is 1. The van der Waals surface area contributed by atoms with Crippen LogP contribution in [0.4, 0.5) is 11.4 Å². The van der Waals surface area contributed by atoms with E-state index < -0.39 is 5.41 Å². The Kier molecular flexibility index (Phi) is 8.99. The van der Waals surface area contributed by atoms with Crippen LogP contribution >= 0.6 is 0 Å². The molecule has 0 atom stereocenters. The monoisotopic (exact) mass is 510 g/mol. The van der Waals surface area contributed by atoms with E-state index in [4.69, 9.17) is 0 Å². The van der Waals surface area contributed by atoms with Gasteiger partial charge in [0, 0.05) is 17.1 Å². The van der Waals surface area contributed by atoms with Crippen molar-refractivity contribution in [1.29, 1.82) is 0 Å². The van der Waals surface area contributed by atoms with Crippen LogP contribution in [-0.2, 0) is 21.9 Å². The second-order valence-electron chi connectivity index (χ2n) is 11.5. The average molecular weight is 511 g/mol. The van der Waals surface area contributed by atoms with E-state index in [1.165, 1.54) is 27.9 Å². The van der Waals surface area contributed by atoms with Gasteiger partial charge in [-0.15, -0.1) is 4.90 Å². The van der Waals surface area contributed by atoms with Crippen molar-refractivity contribution in [3.63, 3.8) is 0 Å². The SMILES string of the molecule is CC(C)c1cccc(C(C)C)c1N1[CH+]N(c2c(C(C)C)cccc2C(C)C)C(=O)C(C)(C)C1.[Cu]. The van der Waals surface area contributed by atoms with Crippen LogP contribution in [0.25, 0.3) is 0 Å². The van der Waals surface area contributed by atoms with Crippen LogP contribution in [0.3, 0.4) is 0 Å². The second-order valence-corrected chi connectivity index (χ2v) is 11.5. The molecule has 2 aromatic carbocycles. The van der Waals surface area contributed by atoms with Crippen molar-refractivity contribution in [2.24, 2.45) is 5.41 Å². The maximum atomic E-state index is 13.9. The summed E-state index contributed by atoms with van der Waals surface area (Å²) in [6.07, 6.45) is 0. The summed E-state index contributed by atoms with van der Waals surface area (Å²) in [5.74, 6) is 1.62. The number of rotatable bonds is 6. The molecule has 0 bridgehead atoms. The Hall–Kier alpha value is -1.90. The largest absolute Gasteiger partial charge is 0.302 e. The smallest absolute Gasteiger partial charge is 0.270 e. The van der Waals surface area contributed by atoms with E-state index >= 15 is 0 Å². The predicted octanol–water partition coefficient (Wildman–Crippen LogP) is 8.18. The minimum Gasteiger partial charge on any atom is -0.270 e. The van der Waals surface area contributed by atoms with Gasteiger partial charge in [-0.1, -0.05) is 91.8 Å². The van der Waals surface area contributed by atoms with E-state index in [1.54, 1.807) is 0 Å². The van der Waals surface area contributed by atoms with Gasteiger partial charge >= 0.3 is 6.67 Å². The number of para-hydroxylation sites is 2. The molecule has 2 aromatic rings. The van der Waals surface area contributed by atoms with Gasteiger partial charge < -0.3 is 0 Å². The van der Waals surface area contributed by atoms with Crippen LogP contribution < -0.4 is 9.80 Å². The molecule has 1 aliphatic heterocycles. The Morgan fingerprint density at radius 3 is 1.41 bits per heavy atom. The Bertz CT molecular complexity index is 954. The number of amides is 1. The summed E-state index contributed by atoms with van der Waals surface area (Å²) >= 11 is 0. The number of anilines is 2. The molecule has 34 heavy (non-hydrogen) atoms. The Labute approximate surface area is 218 Å². The van der Waals surface area contributed by atoms with E-state index in [-0.39, 0.29) is 23.0 Å². The molecule has 0 spiro atoms. The maximum absolute atomic E-state index is 13.9. The van der Waals surface area contributed by atoms with Crippen LogP contribution in [0.5, 0.6) is 0 Å². The average Bonchev–Trinajstić information content (AvgIpc) is 2.74. The van der Waals surface area contributed by atoms with E-state index in [1.807, 2.05) is 4.90 Å². The first-order chi connectivity index (χ1) is 15.4. The zero-order valence-corrected chi connectivity index (χ0v) is 23.6. The summed E-state index contributed by atoms with van der Waals surface area (Å²) < 4.78 is 0. The number of carbonyl (C=O) groups excluding carboxylic acids is 1. The van der Waals surface area contributed by atoms with Crippen molar-refractivity contribution in [3.8, 4) is 0 Å². The van der Waals surface area contributed by atoms with Gasteiger partial charge in [-0.25, -0.2) is 0 Å². The molecule has 1 radical (unpaired) electrons. The maximum Gasteiger partial charge on any atom is 0.302 e. The third-order valence-corrected chi connectivity index (χ3v) is 6.83. The topological polar surface area (TPSA) is 23.6 Å². The molecule has 1 amide bonds. The Morgan fingerprint density at radius 1 is 0.706 bits per heavy atom. The molecule has 1 saturated heterocycles. The molecule has 4 heteroatoms. The van der Waals surface area contributed by atoms with Crippen LogP contribution in [0.1, 0.15) is 115 Å². The van der Waals surface area contributed by atoms with Gasteiger partial charge in [0.2, 0.25) is 0 Å². The summed E-state index contributed by atoms with van der Waals surface area (Å²) in [6, 6.07) is 13.2. The van der Waals surface area contributed by atoms with E-state index in [9.17, 15) is 4.79 Å². The fourth-order valence-electron chi connectivity index (χ4n) is 4.98. The van der Waals surface area contributed by atoms with Gasteiger partial charge in [0.15, 0.2) is 0 Å². The van der Waals surface area contributed by atoms with Gasteiger partial charge in [0.05, 0.1) is 23.3 Å². The number of benzene rings is 2. The molecule has 189 valence electrons. The van der Waals surface area contributed by atoms with Gasteiger partial charge in [-0.3, -0.25) is 4.79 Å². The van der Waals surface area contributed by atoms with Crippen molar-refractivity contribution in [2.45, 2.75) is 92.9 Å². The molecule has 0 unspecified atom stereocenters. The number of hydrogen-bond donors (Lipinski definition) is 0. The Morgan fingerprint density at radius 2 is 1.06 bits per heavy atom. The van der Waals surface area contributed by atoms with E-state index in [0.717, 1.165) is 5.69 Å². The first-order valence-corrected chi connectivity index (χ1v) is 12.6. The van der Waals surface area contributed by atoms with Crippen LogP contribution in [0, 0.1) is 12.1 Å². The predicted molar refractivity (Wildman–Crippen MR) is 142 cm³/mol. The summed E-state index contributed by atoms with van der Waals surface area (Å²) in [5.41, 5.74) is 6.95. The van der Waals surface area contributed by atoms with Gasteiger partial charge in [-0.05, 0) is 59.8 Å². The third-order valence-electron chi connectivity index (χ3n) is 6.83. The molecule has 0 aromatic heterocycles. The molecule has 3 nitrogen and oxygen atoms in total.